The van der Waals surface area contributed by atoms with Crippen molar-refractivity contribution in [3.05, 3.63) is 101 Å². The number of nitrogens with one attached hydrogen (secondary N) is 2. The van der Waals surface area contributed by atoms with Gasteiger partial charge in [-0.1, -0.05) is 49.4 Å². The van der Waals surface area contributed by atoms with E-state index in [-0.39, 0.29) is 25.1 Å². The number of halogens is 2. The van der Waals surface area contributed by atoms with Gasteiger partial charge in [-0.3, -0.25) is 4.79 Å². The Labute approximate surface area is 198 Å². The maximum Gasteiger partial charge on any atom is 0.224 e. The van der Waals surface area contributed by atoms with Crippen LogP contribution in [0.3, 0.4) is 0 Å². The second kappa shape index (κ2) is 12.3. The van der Waals surface area contributed by atoms with Gasteiger partial charge < -0.3 is 20.8 Å². The Balaban J connectivity index is 1.67. The average Bonchev–Trinajstić information content (AvgIpc) is 2.79. The quantitative estimate of drug-likeness (QED) is 0.346. The van der Waals surface area contributed by atoms with Crippen LogP contribution in [0.2, 0.25) is 0 Å². The fourth-order valence-corrected chi connectivity index (χ4v) is 3.82. The van der Waals surface area contributed by atoms with E-state index < -0.39 is 29.7 Å². The monoisotopic (exact) mass is 468 g/mol. The first-order chi connectivity index (χ1) is 16.3. The molecule has 4 N–H and O–H groups in total. The first kappa shape index (κ1) is 25.3. The second-order valence-corrected chi connectivity index (χ2v) is 8.33. The van der Waals surface area contributed by atoms with Crippen LogP contribution in [-0.2, 0) is 30.6 Å². The molecule has 1 amide bonds. The molecule has 34 heavy (non-hydrogen) atoms. The fraction of sp³-hybridized carbons (Fsp3) is 0.296. The minimum atomic E-state index is -1.02. The van der Waals surface area contributed by atoms with Crippen LogP contribution in [0.1, 0.15) is 29.2 Å². The first-order valence-electron chi connectivity index (χ1n) is 11.3. The first-order valence-corrected chi connectivity index (χ1v) is 11.3. The highest BCUT2D eigenvalue weighted by atomic mass is 19.1. The SMILES string of the molecule is CCc1cccc(CNCC(O)C(Cc2cc(F)cc(F)c2)NC(=O)Cc2ccccc2O)c1. The Morgan fingerprint density at radius 2 is 1.65 bits per heavy atom. The van der Waals surface area contributed by atoms with E-state index in [0.29, 0.717) is 17.7 Å². The highest BCUT2D eigenvalue weighted by Crippen LogP contribution is 2.17. The van der Waals surface area contributed by atoms with Crippen LogP contribution < -0.4 is 10.6 Å². The van der Waals surface area contributed by atoms with Crippen LogP contribution in [0, 0.1) is 11.6 Å². The van der Waals surface area contributed by atoms with Crippen molar-refractivity contribution in [2.24, 2.45) is 0 Å². The molecule has 0 heterocycles. The van der Waals surface area contributed by atoms with Crippen molar-refractivity contribution < 1.29 is 23.8 Å². The molecule has 7 heteroatoms. The lowest BCUT2D eigenvalue weighted by molar-refractivity contribution is -0.122. The molecular weight excluding hydrogens is 438 g/mol. The molecule has 2 atom stereocenters. The lowest BCUT2D eigenvalue weighted by atomic mass is 10.00. The summed E-state index contributed by atoms with van der Waals surface area (Å²) >= 11 is 0. The maximum atomic E-state index is 13.7. The van der Waals surface area contributed by atoms with Crippen LogP contribution in [0.5, 0.6) is 5.75 Å². The molecule has 180 valence electrons. The van der Waals surface area contributed by atoms with E-state index >= 15 is 0 Å². The van der Waals surface area contributed by atoms with Gasteiger partial charge in [-0.05, 0) is 47.7 Å². The molecule has 0 radical (unpaired) electrons. The van der Waals surface area contributed by atoms with E-state index in [1.165, 1.54) is 23.8 Å². The Morgan fingerprint density at radius 3 is 2.35 bits per heavy atom. The van der Waals surface area contributed by atoms with E-state index in [0.717, 1.165) is 18.1 Å². The highest BCUT2D eigenvalue weighted by molar-refractivity contribution is 5.79. The van der Waals surface area contributed by atoms with Crippen molar-refractivity contribution in [3.63, 3.8) is 0 Å². The van der Waals surface area contributed by atoms with Gasteiger partial charge in [-0.2, -0.15) is 0 Å². The zero-order valence-electron chi connectivity index (χ0n) is 19.1. The van der Waals surface area contributed by atoms with Crippen molar-refractivity contribution in [1.82, 2.24) is 10.6 Å². The molecule has 5 nitrogen and oxygen atoms in total. The van der Waals surface area contributed by atoms with Crippen LogP contribution in [0.15, 0.2) is 66.7 Å². The summed E-state index contributed by atoms with van der Waals surface area (Å²) in [5.74, 6) is -1.87. The number of benzene rings is 3. The number of phenolic OH excluding ortho intramolecular Hbond substituents is 1. The standard InChI is InChI=1S/C27H30F2N2O3/c1-2-18-6-5-7-19(10-18)16-30-17-26(33)24(13-20-11-22(28)15-23(29)12-20)31-27(34)14-21-8-3-4-9-25(21)32/h3-12,15,24,26,30,32-33H,2,13-14,16-17H2,1H3,(H,31,34). The minimum Gasteiger partial charge on any atom is -0.508 e. The van der Waals surface area contributed by atoms with Crippen molar-refractivity contribution in [3.8, 4) is 5.75 Å². The number of aryl methyl sites for hydroxylation is 1. The van der Waals surface area contributed by atoms with Crippen LogP contribution >= 0.6 is 0 Å². The van der Waals surface area contributed by atoms with Gasteiger partial charge in [0.1, 0.15) is 17.4 Å². The van der Waals surface area contributed by atoms with E-state index in [1.807, 2.05) is 18.2 Å². The largest absolute Gasteiger partial charge is 0.508 e. The van der Waals surface area contributed by atoms with Crippen LogP contribution in [0.4, 0.5) is 8.78 Å². The molecule has 0 aliphatic carbocycles. The normalized spacial score (nSPS) is 12.8. The van der Waals surface area contributed by atoms with Crippen LogP contribution in [-0.4, -0.2) is 34.8 Å². The minimum absolute atomic E-state index is 0.00192. The molecule has 0 aromatic heterocycles. The Morgan fingerprint density at radius 1 is 0.941 bits per heavy atom. The lowest BCUT2D eigenvalue weighted by Crippen LogP contribution is -2.49. The zero-order chi connectivity index (χ0) is 24.5. The molecule has 3 rings (SSSR count). The zero-order valence-corrected chi connectivity index (χ0v) is 19.1. The number of phenols is 1. The summed E-state index contributed by atoms with van der Waals surface area (Å²) in [6.45, 7) is 2.77. The molecule has 0 aliphatic heterocycles. The third-order valence-electron chi connectivity index (χ3n) is 5.61. The van der Waals surface area contributed by atoms with Crippen LogP contribution in [0.25, 0.3) is 0 Å². The summed E-state index contributed by atoms with van der Waals surface area (Å²) in [5, 5.41) is 26.7. The number of rotatable bonds is 11. The number of aliphatic hydroxyl groups excluding tert-OH is 1. The number of amides is 1. The highest BCUT2D eigenvalue weighted by Gasteiger charge is 2.23. The molecule has 0 spiro atoms. The van der Waals surface area contributed by atoms with Gasteiger partial charge in [-0.25, -0.2) is 8.78 Å². The van der Waals surface area contributed by atoms with E-state index in [4.69, 9.17) is 0 Å². The molecule has 0 saturated heterocycles. The summed E-state index contributed by atoms with van der Waals surface area (Å²) in [4.78, 5) is 12.7. The number of carbonyl (C=O) groups excluding carboxylic acids is 1. The van der Waals surface area contributed by atoms with Gasteiger partial charge in [0.15, 0.2) is 0 Å². The Hall–Kier alpha value is -3.29. The predicted molar refractivity (Wildman–Crippen MR) is 127 cm³/mol. The molecule has 3 aromatic rings. The topological polar surface area (TPSA) is 81.6 Å². The van der Waals surface area contributed by atoms with E-state index in [9.17, 15) is 23.8 Å². The Kier molecular flexibility index (Phi) is 9.13. The Bertz CT molecular complexity index is 1090. The van der Waals surface area contributed by atoms with Gasteiger partial charge in [-0.15, -0.1) is 0 Å². The number of hydrogen-bond donors (Lipinski definition) is 4. The molecule has 0 aliphatic rings. The maximum absolute atomic E-state index is 13.7. The average molecular weight is 469 g/mol. The van der Waals surface area contributed by atoms with Crippen molar-refractivity contribution >= 4 is 5.91 Å². The third kappa shape index (κ3) is 7.64. The molecule has 3 aromatic carbocycles. The summed E-state index contributed by atoms with van der Waals surface area (Å²) in [7, 11) is 0. The number of hydrogen-bond acceptors (Lipinski definition) is 4. The molecular formula is C27H30F2N2O3. The van der Waals surface area contributed by atoms with Gasteiger partial charge in [0.25, 0.3) is 0 Å². The summed E-state index contributed by atoms with van der Waals surface area (Å²) in [5.41, 5.74) is 3.04. The third-order valence-corrected chi connectivity index (χ3v) is 5.61. The van der Waals surface area contributed by atoms with Crippen molar-refractivity contribution in [2.75, 3.05) is 6.54 Å². The summed E-state index contributed by atoms with van der Waals surface area (Å²) in [6.07, 6.45) is -0.153. The fourth-order valence-electron chi connectivity index (χ4n) is 3.82. The van der Waals surface area contributed by atoms with Gasteiger partial charge in [0.2, 0.25) is 5.91 Å². The molecule has 0 fully saturated rings. The van der Waals surface area contributed by atoms with Gasteiger partial charge >= 0.3 is 0 Å². The molecule has 0 bridgehead atoms. The second-order valence-electron chi connectivity index (χ2n) is 8.33. The smallest absolute Gasteiger partial charge is 0.224 e. The molecule has 0 saturated carbocycles. The van der Waals surface area contributed by atoms with Crippen molar-refractivity contribution in [1.29, 1.82) is 0 Å². The molecule has 2 unspecified atom stereocenters. The summed E-state index contributed by atoms with van der Waals surface area (Å²) in [6, 6.07) is 16.9. The number of aromatic hydroxyl groups is 1. The lowest BCUT2D eigenvalue weighted by Gasteiger charge is -2.25. The summed E-state index contributed by atoms with van der Waals surface area (Å²) < 4.78 is 27.4. The van der Waals surface area contributed by atoms with Gasteiger partial charge in [0.05, 0.1) is 18.6 Å². The van der Waals surface area contributed by atoms with E-state index in [1.54, 1.807) is 18.2 Å². The number of carbonyl (C=O) groups is 1. The number of aliphatic hydroxyl groups is 1. The van der Waals surface area contributed by atoms with Crippen molar-refractivity contribution in [2.45, 2.75) is 44.9 Å². The number of para-hydroxylation sites is 1. The van der Waals surface area contributed by atoms with E-state index in [2.05, 4.69) is 23.6 Å². The van der Waals surface area contributed by atoms with Gasteiger partial charge in [0, 0.05) is 24.7 Å². The predicted octanol–water partition coefficient (Wildman–Crippen LogP) is 3.65.